The van der Waals surface area contributed by atoms with Crippen LogP contribution in [-0.2, 0) is 0 Å². The zero-order chi connectivity index (χ0) is 10.7. The van der Waals surface area contributed by atoms with E-state index < -0.39 is 0 Å². The van der Waals surface area contributed by atoms with Gasteiger partial charge in [-0.3, -0.25) is 0 Å². The van der Waals surface area contributed by atoms with Crippen LogP contribution < -0.4 is 0 Å². The monoisotopic (exact) mass is 184 g/mol. The largest absolute Gasteiger partial charge is 0.0649 e. The molecule has 0 aromatic heterocycles. The Morgan fingerprint density at radius 3 is 1.54 bits per heavy atom. The summed E-state index contributed by atoms with van der Waals surface area (Å²) in [6.45, 7) is 16.5. The van der Waals surface area contributed by atoms with Crippen molar-refractivity contribution in [3.05, 3.63) is 0 Å². The van der Waals surface area contributed by atoms with Crippen molar-refractivity contribution >= 4 is 0 Å². The van der Waals surface area contributed by atoms with Gasteiger partial charge in [0, 0.05) is 0 Å². The van der Waals surface area contributed by atoms with Crippen molar-refractivity contribution in [1.82, 2.24) is 0 Å². The molecule has 0 nitrogen and oxygen atoms in total. The Bertz CT molecular complexity index is 135. The molecule has 1 atom stereocenters. The van der Waals surface area contributed by atoms with Crippen LogP contribution in [0.4, 0.5) is 0 Å². The molecule has 0 N–H and O–H groups in total. The van der Waals surface area contributed by atoms with E-state index in [9.17, 15) is 0 Å². The van der Waals surface area contributed by atoms with E-state index >= 15 is 0 Å². The minimum Gasteiger partial charge on any atom is -0.0649 e. The van der Waals surface area contributed by atoms with Crippen LogP contribution in [0.5, 0.6) is 0 Å². The highest BCUT2D eigenvalue weighted by atomic mass is 14.3. The van der Waals surface area contributed by atoms with Gasteiger partial charge in [-0.15, -0.1) is 0 Å². The molecule has 0 aromatic rings. The molecule has 80 valence electrons. The van der Waals surface area contributed by atoms with Gasteiger partial charge in [0.2, 0.25) is 0 Å². The van der Waals surface area contributed by atoms with Gasteiger partial charge in [-0.1, -0.05) is 61.3 Å². The van der Waals surface area contributed by atoms with Crippen molar-refractivity contribution in [2.24, 2.45) is 16.7 Å². The Morgan fingerprint density at radius 2 is 1.31 bits per heavy atom. The first-order valence-electron chi connectivity index (χ1n) is 5.75. The maximum absolute atomic E-state index is 2.43. The van der Waals surface area contributed by atoms with Gasteiger partial charge in [0.1, 0.15) is 0 Å². The quantitative estimate of drug-likeness (QED) is 0.584. The van der Waals surface area contributed by atoms with Gasteiger partial charge >= 0.3 is 0 Å². The van der Waals surface area contributed by atoms with E-state index in [4.69, 9.17) is 0 Å². The zero-order valence-corrected chi connectivity index (χ0v) is 10.7. The first-order chi connectivity index (χ1) is 5.75. The van der Waals surface area contributed by atoms with Crippen LogP contribution in [0.25, 0.3) is 0 Å². The minimum atomic E-state index is 0.464. The van der Waals surface area contributed by atoms with E-state index in [-0.39, 0.29) is 0 Å². The fourth-order valence-corrected chi connectivity index (χ4v) is 1.58. The number of rotatable bonds is 4. The Kier molecular flexibility index (Phi) is 4.48. The Balaban J connectivity index is 4.25. The van der Waals surface area contributed by atoms with Crippen LogP contribution in [0.15, 0.2) is 0 Å². The third-order valence-corrected chi connectivity index (χ3v) is 3.98. The first kappa shape index (κ1) is 13.0. The molecule has 0 radical (unpaired) electrons. The molecule has 0 rings (SSSR count). The molecule has 0 aromatic carbocycles. The minimum absolute atomic E-state index is 0.464. The molecule has 1 unspecified atom stereocenters. The topological polar surface area (TPSA) is 0 Å². The highest BCUT2D eigenvalue weighted by Gasteiger charge is 2.28. The Morgan fingerprint density at radius 1 is 0.923 bits per heavy atom. The molecule has 0 aliphatic carbocycles. The molecule has 0 fully saturated rings. The second kappa shape index (κ2) is 4.48. The van der Waals surface area contributed by atoms with Gasteiger partial charge in [0.05, 0.1) is 0 Å². The van der Waals surface area contributed by atoms with E-state index in [1.165, 1.54) is 19.3 Å². The standard InChI is InChI=1S/C13H28/c1-8-13(7,9-2)10-11(3)12(4,5)6/h11H,8-10H2,1-7H3. The van der Waals surface area contributed by atoms with Crippen molar-refractivity contribution in [2.45, 2.75) is 67.7 Å². The highest BCUT2D eigenvalue weighted by Crippen LogP contribution is 2.39. The normalized spacial score (nSPS) is 15.9. The number of hydrogen-bond acceptors (Lipinski definition) is 0. The third-order valence-electron chi connectivity index (χ3n) is 3.98. The van der Waals surface area contributed by atoms with Gasteiger partial charge in [-0.2, -0.15) is 0 Å². The summed E-state index contributed by atoms with van der Waals surface area (Å²) in [5, 5.41) is 0. The van der Waals surface area contributed by atoms with E-state index in [2.05, 4.69) is 48.5 Å². The summed E-state index contributed by atoms with van der Waals surface area (Å²) in [6.07, 6.45) is 3.98. The van der Waals surface area contributed by atoms with Crippen LogP contribution in [0.3, 0.4) is 0 Å². The lowest BCUT2D eigenvalue weighted by Crippen LogP contribution is -2.25. The lowest BCUT2D eigenvalue weighted by molar-refractivity contribution is 0.149. The lowest BCUT2D eigenvalue weighted by Gasteiger charge is -2.36. The van der Waals surface area contributed by atoms with Gasteiger partial charge in [-0.05, 0) is 23.2 Å². The highest BCUT2D eigenvalue weighted by molar-refractivity contribution is 4.79. The SMILES string of the molecule is CCC(C)(CC)CC(C)C(C)(C)C. The Hall–Kier alpha value is 0. The molecule has 0 saturated carbocycles. The summed E-state index contributed by atoms with van der Waals surface area (Å²) in [4.78, 5) is 0. The maximum atomic E-state index is 2.43. The van der Waals surface area contributed by atoms with Crippen molar-refractivity contribution in [3.63, 3.8) is 0 Å². The van der Waals surface area contributed by atoms with E-state index in [0.29, 0.717) is 10.8 Å². The van der Waals surface area contributed by atoms with E-state index in [1.54, 1.807) is 0 Å². The van der Waals surface area contributed by atoms with Crippen LogP contribution in [0.2, 0.25) is 0 Å². The maximum Gasteiger partial charge on any atom is -0.0328 e. The molecule has 0 bridgehead atoms. The zero-order valence-electron chi connectivity index (χ0n) is 10.7. The molecule has 0 saturated heterocycles. The van der Waals surface area contributed by atoms with E-state index in [0.717, 1.165) is 5.92 Å². The average molecular weight is 184 g/mol. The van der Waals surface area contributed by atoms with Crippen LogP contribution in [0, 0.1) is 16.7 Å². The fraction of sp³-hybridized carbons (Fsp3) is 1.00. The van der Waals surface area contributed by atoms with Crippen molar-refractivity contribution in [2.75, 3.05) is 0 Å². The van der Waals surface area contributed by atoms with E-state index in [1.807, 2.05) is 0 Å². The molecule has 0 heteroatoms. The van der Waals surface area contributed by atoms with Gasteiger partial charge in [0.15, 0.2) is 0 Å². The summed E-state index contributed by atoms with van der Waals surface area (Å²) in [5.74, 6) is 0.817. The molecule has 0 amide bonds. The third kappa shape index (κ3) is 4.15. The molecular weight excluding hydrogens is 156 g/mol. The summed E-state index contributed by atoms with van der Waals surface area (Å²) in [7, 11) is 0. The van der Waals surface area contributed by atoms with Crippen LogP contribution in [0.1, 0.15) is 67.7 Å². The summed E-state index contributed by atoms with van der Waals surface area (Å²) >= 11 is 0. The second-order valence-electron chi connectivity index (χ2n) is 5.99. The van der Waals surface area contributed by atoms with Gasteiger partial charge < -0.3 is 0 Å². The van der Waals surface area contributed by atoms with Crippen molar-refractivity contribution in [3.8, 4) is 0 Å². The van der Waals surface area contributed by atoms with Gasteiger partial charge in [-0.25, -0.2) is 0 Å². The Labute approximate surface area is 85.1 Å². The van der Waals surface area contributed by atoms with Crippen LogP contribution in [-0.4, -0.2) is 0 Å². The predicted octanol–water partition coefficient (Wildman–Crippen LogP) is 4.89. The number of hydrogen-bond donors (Lipinski definition) is 0. The summed E-state index contributed by atoms with van der Waals surface area (Å²) in [5.41, 5.74) is 1.03. The molecule has 0 spiro atoms. The molecule has 13 heavy (non-hydrogen) atoms. The van der Waals surface area contributed by atoms with Gasteiger partial charge in [0.25, 0.3) is 0 Å². The summed E-state index contributed by atoms with van der Waals surface area (Å²) in [6, 6.07) is 0. The molecule has 0 heterocycles. The second-order valence-corrected chi connectivity index (χ2v) is 5.99. The lowest BCUT2D eigenvalue weighted by atomic mass is 9.70. The predicted molar refractivity (Wildman–Crippen MR) is 61.9 cm³/mol. The average Bonchev–Trinajstić information content (AvgIpc) is 2.02. The van der Waals surface area contributed by atoms with Crippen molar-refractivity contribution in [1.29, 1.82) is 0 Å². The molecular formula is C13H28. The summed E-state index contributed by atoms with van der Waals surface area (Å²) < 4.78 is 0. The van der Waals surface area contributed by atoms with Crippen molar-refractivity contribution < 1.29 is 0 Å². The molecule has 0 aliphatic heterocycles. The first-order valence-corrected chi connectivity index (χ1v) is 5.75. The fourth-order valence-electron chi connectivity index (χ4n) is 1.58. The van der Waals surface area contributed by atoms with Crippen LogP contribution >= 0.6 is 0 Å². The molecule has 0 aliphatic rings. The smallest absolute Gasteiger partial charge is 0.0328 e.